The van der Waals surface area contributed by atoms with Crippen LogP contribution in [0.25, 0.3) is 11.1 Å². The maximum atomic E-state index is 13.3. The standard InChI is InChI=1S/C23H34N2O4/c1-7-10-11-29-22-19(14-28-15-27-6)24-25(5)23(26)21(22)20-17(8-2)12-16(4)13-18(20)9-3/h12-13H,7-11,14-15H2,1-6H3. The summed E-state index contributed by atoms with van der Waals surface area (Å²) in [7, 11) is 3.25. The second-order valence-corrected chi connectivity index (χ2v) is 7.20. The maximum absolute atomic E-state index is 13.3. The number of hydrogen-bond donors (Lipinski definition) is 0. The summed E-state index contributed by atoms with van der Waals surface area (Å²) in [6.45, 7) is 9.33. The Morgan fingerprint density at radius 3 is 2.28 bits per heavy atom. The van der Waals surface area contributed by atoms with Crippen molar-refractivity contribution >= 4 is 0 Å². The van der Waals surface area contributed by atoms with Gasteiger partial charge in [0, 0.05) is 14.2 Å². The molecule has 1 aromatic carbocycles. The van der Waals surface area contributed by atoms with E-state index < -0.39 is 0 Å². The number of benzene rings is 1. The SMILES string of the molecule is CCCCOc1c(COCOC)nn(C)c(=O)c1-c1c(CC)cc(C)cc1CC. The first-order valence-electron chi connectivity index (χ1n) is 10.4. The molecular weight excluding hydrogens is 368 g/mol. The van der Waals surface area contributed by atoms with Crippen LogP contribution in [0.15, 0.2) is 16.9 Å². The second kappa shape index (κ2) is 11.1. The van der Waals surface area contributed by atoms with Crippen LogP contribution < -0.4 is 10.3 Å². The van der Waals surface area contributed by atoms with E-state index in [1.54, 1.807) is 14.2 Å². The third-order valence-corrected chi connectivity index (χ3v) is 4.91. The Morgan fingerprint density at radius 2 is 1.72 bits per heavy atom. The summed E-state index contributed by atoms with van der Waals surface area (Å²) in [5, 5.41) is 4.44. The lowest BCUT2D eigenvalue weighted by Gasteiger charge is -2.20. The van der Waals surface area contributed by atoms with E-state index in [9.17, 15) is 4.79 Å². The Labute approximate surface area is 173 Å². The molecule has 0 aliphatic carbocycles. The molecule has 0 amide bonds. The van der Waals surface area contributed by atoms with Crippen molar-refractivity contribution in [3.63, 3.8) is 0 Å². The Kier molecular flexibility index (Phi) is 8.86. The summed E-state index contributed by atoms with van der Waals surface area (Å²) in [6.07, 6.45) is 3.58. The minimum Gasteiger partial charge on any atom is -0.491 e. The van der Waals surface area contributed by atoms with Gasteiger partial charge in [0.05, 0.1) is 18.8 Å². The van der Waals surface area contributed by atoms with Crippen molar-refractivity contribution in [1.29, 1.82) is 0 Å². The van der Waals surface area contributed by atoms with E-state index in [0.29, 0.717) is 23.6 Å². The molecule has 1 aromatic heterocycles. The van der Waals surface area contributed by atoms with Crippen molar-refractivity contribution in [1.82, 2.24) is 9.78 Å². The first-order valence-corrected chi connectivity index (χ1v) is 10.4. The molecule has 0 aliphatic heterocycles. The molecule has 0 radical (unpaired) electrons. The van der Waals surface area contributed by atoms with Crippen LogP contribution in [0.3, 0.4) is 0 Å². The second-order valence-electron chi connectivity index (χ2n) is 7.20. The molecule has 6 heteroatoms. The Balaban J connectivity index is 2.76. The van der Waals surface area contributed by atoms with Crippen LogP contribution in [0.5, 0.6) is 5.75 Å². The van der Waals surface area contributed by atoms with Crippen molar-refractivity contribution in [3.05, 3.63) is 44.9 Å². The van der Waals surface area contributed by atoms with Gasteiger partial charge in [0.25, 0.3) is 5.56 Å². The van der Waals surface area contributed by atoms with Crippen molar-refractivity contribution < 1.29 is 14.2 Å². The maximum Gasteiger partial charge on any atom is 0.278 e. The van der Waals surface area contributed by atoms with Gasteiger partial charge in [-0.2, -0.15) is 5.10 Å². The van der Waals surface area contributed by atoms with Gasteiger partial charge in [-0.25, -0.2) is 4.68 Å². The smallest absolute Gasteiger partial charge is 0.278 e. The van der Waals surface area contributed by atoms with E-state index in [1.165, 1.54) is 10.2 Å². The molecule has 0 unspecified atom stereocenters. The van der Waals surface area contributed by atoms with E-state index in [-0.39, 0.29) is 19.0 Å². The third-order valence-electron chi connectivity index (χ3n) is 4.91. The van der Waals surface area contributed by atoms with Crippen LogP contribution in [0.4, 0.5) is 0 Å². The van der Waals surface area contributed by atoms with Crippen molar-refractivity contribution in [2.75, 3.05) is 20.5 Å². The van der Waals surface area contributed by atoms with E-state index in [1.807, 2.05) is 0 Å². The molecule has 2 aromatic rings. The topological polar surface area (TPSA) is 62.6 Å². The van der Waals surface area contributed by atoms with Gasteiger partial charge in [-0.15, -0.1) is 0 Å². The van der Waals surface area contributed by atoms with Crippen molar-refractivity contribution in [2.45, 2.75) is 60.0 Å². The average Bonchev–Trinajstić information content (AvgIpc) is 2.71. The zero-order valence-electron chi connectivity index (χ0n) is 18.6. The van der Waals surface area contributed by atoms with E-state index in [2.05, 4.69) is 44.9 Å². The van der Waals surface area contributed by atoms with Gasteiger partial charge in [0.15, 0.2) is 5.75 Å². The van der Waals surface area contributed by atoms with Crippen LogP contribution in [-0.2, 0) is 36.0 Å². The quantitative estimate of drug-likeness (QED) is 0.417. The first-order chi connectivity index (χ1) is 14.0. The number of aromatic nitrogens is 2. The van der Waals surface area contributed by atoms with E-state index in [4.69, 9.17) is 14.2 Å². The zero-order chi connectivity index (χ0) is 21.4. The van der Waals surface area contributed by atoms with Crippen LogP contribution >= 0.6 is 0 Å². The van der Waals surface area contributed by atoms with Crippen LogP contribution in [0.2, 0.25) is 0 Å². The number of unbranched alkanes of at least 4 members (excludes halogenated alkanes) is 1. The molecule has 1 heterocycles. The van der Waals surface area contributed by atoms with Gasteiger partial charge in [-0.1, -0.05) is 44.9 Å². The van der Waals surface area contributed by atoms with Gasteiger partial charge in [0.1, 0.15) is 12.5 Å². The molecule has 29 heavy (non-hydrogen) atoms. The predicted octanol–water partition coefficient (Wildman–Crippen LogP) is 4.18. The van der Waals surface area contributed by atoms with Crippen molar-refractivity contribution in [2.24, 2.45) is 7.05 Å². The molecule has 2 rings (SSSR count). The normalized spacial score (nSPS) is 11.1. The van der Waals surface area contributed by atoms with E-state index in [0.717, 1.165) is 42.4 Å². The highest BCUT2D eigenvalue weighted by Gasteiger charge is 2.23. The number of rotatable bonds is 11. The molecule has 0 bridgehead atoms. The monoisotopic (exact) mass is 402 g/mol. The highest BCUT2D eigenvalue weighted by Crippen LogP contribution is 2.36. The highest BCUT2D eigenvalue weighted by molar-refractivity contribution is 5.77. The molecule has 0 N–H and O–H groups in total. The first kappa shape index (κ1) is 23.1. The third kappa shape index (κ3) is 5.46. The molecule has 0 aliphatic rings. The Bertz CT molecular complexity index is 849. The molecule has 6 nitrogen and oxygen atoms in total. The number of methoxy groups -OCH3 is 1. The van der Waals surface area contributed by atoms with Gasteiger partial charge in [-0.05, 0) is 42.9 Å². The molecule has 160 valence electrons. The lowest BCUT2D eigenvalue weighted by Crippen LogP contribution is -2.26. The minimum atomic E-state index is -0.153. The molecular formula is C23H34N2O4. The number of aryl methyl sites for hydroxylation is 4. The fraction of sp³-hybridized carbons (Fsp3) is 0.565. The lowest BCUT2D eigenvalue weighted by molar-refractivity contribution is -0.0410. The molecule has 0 fully saturated rings. The summed E-state index contributed by atoms with van der Waals surface area (Å²) in [5.74, 6) is 0.533. The largest absolute Gasteiger partial charge is 0.491 e. The Hall–Kier alpha value is -2.18. The summed E-state index contributed by atoms with van der Waals surface area (Å²) in [5.41, 5.74) is 5.51. The molecule has 0 saturated carbocycles. The van der Waals surface area contributed by atoms with Gasteiger partial charge in [0.2, 0.25) is 0 Å². The summed E-state index contributed by atoms with van der Waals surface area (Å²) in [6, 6.07) is 4.32. The molecule has 0 saturated heterocycles. The van der Waals surface area contributed by atoms with E-state index >= 15 is 0 Å². The minimum absolute atomic E-state index is 0.152. The molecule has 0 spiro atoms. The average molecular weight is 403 g/mol. The summed E-state index contributed by atoms with van der Waals surface area (Å²) >= 11 is 0. The summed E-state index contributed by atoms with van der Waals surface area (Å²) < 4.78 is 18.1. The van der Waals surface area contributed by atoms with Crippen LogP contribution in [-0.4, -0.2) is 30.3 Å². The van der Waals surface area contributed by atoms with Crippen LogP contribution in [0.1, 0.15) is 56.0 Å². The highest BCUT2D eigenvalue weighted by atomic mass is 16.7. The van der Waals surface area contributed by atoms with Crippen molar-refractivity contribution in [3.8, 4) is 16.9 Å². The van der Waals surface area contributed by atoms with Gasteiger partial charge < -0.3 is 14.2 Å². The lowest BCUT2D eigenvalue weighted by atomic mass is 9.90. The fourth-order valence-corrected chi connectivity index (χ4v) is 3.51. The predicted molar refractivity (Wildman–Crippen MR) is 115 cm³/mol. The zero-order valence-corrected chi connectivity index (χ0v) is 18.6. The van der Waals surface area contributed by atoms with Crippen LogP contribution in [0, 0.1) is 6.92 Å². The number of nitrogens with zero attached hydrogens (tertiary/aromatic N) is 2. The molecule has 0 atom stereocenters. The Morgan fingerprint density at radius 1 is 1.07 bits per heavy atom. The number of hydrogen-bond acceptors (Lipinski definition) is 5. The fourth-order valence-electron chi connectivity index (χ4n) is 3.51. The summed E-state index contributed by atoms with van der Waals surface area (Å²) in [4.78, 5) is 13.3. The van der Waals surface area contributed by atoms with Gasteiger partial charge in [-0.3, -0.25) is 4.79 Å². The van der Waals surface area contributed by atoms with Gasteiger partial charge >= 0.3 is 0 Å². The number of ether oxygens (including phenoxy) is 3.